The second-order valence-electron chi connectivity index (χ2n) is 7.05. The van der Waals surface area contributed by atoms with Crippen LogP contribution in [0.25, 0.3) is 0 Å². The lowest BCUT2D eigenvalue weighted by Crippen LogP contribution is -2.58. The van der Waals surface area contributed by atoms with Gasteiger partial charge in [-0.1, -0.05) is 18.0 Å². The van der Waals surface area contributed by atoms with Crippen molar-refractivity contribution in [3.05, 3.63) is 11.5 Å². The van der Waals surface area contributed by atoms with Crippen molar-refractivity contribution >= 4 is 28.3 Å². The van der Waals surface area contributed by atoms with Gasteiger partial charge in [0.1, 0.15) is 16.1 Å². The molecule has 2 heterocycles. The number of carbonyl (C=O) groups is 1. The van der Waals surface area contributed by atoms with Gasteiger partial charge in [0.25, 0.3) is 0 Å². The van der Waals surface area contributed by atoms with E-state index in [-0.39, 0.29) is 35.0 Å². The minimum absolute atomic E-state index is 0. The molecule has 1 unspecified atom stereocenters. The number of hydrogen-bond acceptors (Lipinski definition) is 6. The Morgan fingerprint density at radius 1 is 1.31 bits per heavy atom. The summed E-state index contributed by atoms with van der Waals surface area (Å²) in [7, 11) is -3.89. The highest BCUT2D eigenvalue weighted by molar-refractivity contribution is 7.89. The Morgan fingerprint density at radius 3 is 2.54 bits per heavy atom. The van der Waals surface area contributed by atoms with Gasteiger partial charge in [0.15, 0.2) is 5.76 Å². The first-order valence-corrected chi connectivity index (χ1v) is 10.3. The van der Waals surface area contributed by atoms with E-state index in [1.807, 2.05) is 0 Å². The van der Waals surface area contributed by atoms with E-state index in [4.69, 9.17) is 4.52 Å². The first-order valence-electron chi connectivity index (χ1n) is 8.83. The Bertz CT molecular complexity index is 718. The van der Waals surface area contributed by atoms with Gasteiger partial charge in [-0.2, -0.15) is 4.72 Å². The summed E-state index contributed by atoms with van der Waals surface area (Å²) in [5.74, 6) is -0.0113. The van der Waals surface area contributed by atoms with Crippen LogP contribution in [0.3, 0.4) is 0 Å². The molecule has 1 aliphatic heterocycles. The molecule has 0 radical (unpaired) electrons. The van der Waals surface area contributed by atoms with Gasteiger partial charge in [-0.05, 0) is 46.1 Å². The highest BCUT2D eigenvalue weighted by Crippen LogP contribution is 2.32. The second-order valence-corrected chi connectivity index (χ2v) is 8.67. The zero-order valence-electron chi connectivity index (χ0n) is 15.1. The SMILES string of the molecule is Cc1noc(C)c1S(=O)(=O)NC1(C(=O)NCC2CCCN2)CCCC1.Cl. The van der Waals surface area contributed by atoms with Crippen molar-refractivity contribution in [1.82, 2.24) is 20.5 Å². The number of rotatable bonds is 6. The van der Waals surface area contributed by atoms with Gasteiger partial charge < -0.3 is 15.2 Å². The third-order valence-corrected chi connectivity index (χ3v) is 6.91. The van der Waals surface area contributed by atoms with Crippen LogP contribution in [0, 0.1) is 13.8 Å². The number of sulfonamides is 1. The molecule has 1 aromatic heterocycles. The largest absolute Gasteiger partial charge is 0.360 e. The average Bonchev–Trinajstić information content (AvgIpc) is 3.27. The predicted molar refractivity (Wildman–Crippen MR) is 98.8 cm³/mol. The van der Waals surface area contributed by atoms with E-state index in [2.05, 4.69) is 20.5 Å². The molecule has 0 spiro atoms. The van der Waals surface area contributed by atoms with Gasteiger partial charge in [0.2, 0.25) is 15.9 Å². The van der Waals surface area contributed by atoms with E-state index in [0.29, 0.717) is 25.1 Å². The van der Waals surface area contributed by atoms with Crippen molar-refractivity contribution in [3.8, 4) is 0 Å². The molecule has 8 nitrogen and oxygen atoms in total. The van der Waals surface area contributed by atoms with Crippen LogP contribution in [0.5, 0.6) is 0 Å². The second kappa shape index (κ2) is 8.24. The number of nitrogens with one attached hydrogen (secondary N) is 3. The molecule has 0 aromatic carbocycles. The quantitative estimate of drug-likeness (QED) is 0.653. The van der Waals surface area contributed by atoms with E-state index in [9.17, 15) is 13.2 Å². The summed E-state index contributed by atoms with van der Waals surface area (Å²) < 4.78 is 33.4. The topological polar surface area (TPSA) is 113 Å². The van der Waals surface area contributed by atoms with Crippen LogP contribution in [0.1, 0.15) is 50.0 Å². The van der Waals surface area contributed by atoms with E-state index in [0.717, 1.165) is 32.2 Å². The molecule has 1 aliphatic carbocycles. The molecular formula is C16H27ClN4O4S. The van der Waals surface area contributed by atoms with Crippen LogP contribution in [-0.4, -0.2) is 44.2 Å². The summed E-state index contributed by atoms with van der Waals surface area (Å²) in [5.41, 5.74) is -0.790. The molecule has 26 heavy (non-hydrogen) atoms. The molecule has 1 aromatic rings. The zero-order chi connectivity index (χ0) is 18.1. The van der Waals surface area contributed by atoms with E-state index >= 15 is 0 Å². The summed E-state index contributed by atoms with van der Waals surface area (Å²) in [6.07, 6.45) is 4.76. The Hall–Kier alpha value is -1.16. The minimum Gasteiger partial charge on any atom is -0.360 e. The van der Waals surface area contributed by atoms with Crippen molar-refractivity contribution in [1.29, 1.82) is 0 Å². The van der Waals surface area contributed by atoms with E-state index in [1.165, 1.54) is 0 Å². The summed E-state index contributed by atoms with van der Waals surface area (Å²) in [5, 5.41) is 9.97. The Morgan fingerprint density at radius 2 is 2.00 bits per heavy atom. The van der Waals surface area contributed by atoms with Gasteiger partial charge in [0, 0.05) is 12.6 Å². The van der Waals surface area contributed by atoms with E-state index < -0.39 is 15.6 Å². The molecule has 2 fully saturated rings. The van der Waals surface area contributed by atoms with Crippen LogP contribution in [0.4, 0.5) is 0 Å². The van der Waals surface area contributed by atoms with Crippen LogP contribution in [-0.2, 0) is 14.8 Å². The highest BCUT2D eigenvalue weighted by atomic mass is 35.5. The van der Waals surface area contributed by atoms with Gasteiger partial charge in [-0.25, -0.2) is 8.42 Å². The number of carbonyl (C=O) groups excluding carboxylic acids is 1. The highest BCUT2D eigenvalue weighted by Gasteiger charge is 2.45. The van der Waals surface area contributed by atoms with Gasteiger partial charge in [0.05, 0.1) is 0 Å². The lowest BCUT2D eigenvalue weighted by atomic mass is 9.98. The molecular weight excluding hydrogens is 380 g/mol. The van der Waals surface area contributed by atoms with Crippen molar-refractivity contribution in [3.63, 3.8) is 0 Å². The van der Waals surface area contributed by atoms with Crippen LogP contribution >= 0.6 is 12.4 Å². The first-order chi connectivity index (χ1) is 11.8. The van der Waals surface area contributed by atoms with Crippen LogP contribution in [0.15, 0.2) is 9.42 Å². The van der Waals surface area contributed by atoms with Gasteiger partial charge in [-0.3, -0.25) is 4.79 Å². The standard InChI is InChI=1S/C16H26N4O4S.ClH/c1-11-14(12(2)24-19-11)25(22,23)20-16(7-3-4-8-16)15(21)18-10-13-6-5-9-17-13;/h13,17,20H,3-10H2,1-2H3,(H,18,21);1H. The van der Waals surface area contributed by atoms with Crippen molar-refractivity contribution in [2.75, 3.05) is 13.1 Å². The van der Waals surface area contributed by atoms with Crippen LogP contribution in [0.2, 0.25) is 0 Å². The van der Waals surface area contributed by atoms with Crippen molar-refractivity contribution in [2.24, 2.45) is 0 Å². The Kier molecular flexibility index (Phi) is 6.70. The molecule has 1 atom stereocenters. The fourth-order valence-corrected chi connectivity index (χ4v) is 5.59. The number of hydrogen-bond donors (Lipinski definition) is 3. The maximum atomic E-state index is 12.9. The summed E-state index contributed by atoms with van der Waals surface area (Å²) in [6.45, 7) is 4.62. The molecule has 1 amide bonds. The Balaban J connectivity index is 0.00000243. The maximum Gasteiger partial charge on any atom is 0.246 e. The molecule has 1 saturated heterocycles. The number of amides is 1. The zero-order valence-corrected chi connectivity index (χ0v) is 16.8. The molecule has 10 heteroatoms. The van der Waals surface area contributed by atoms with Crippen molar-refractivity contribution in [2.45, 2.75) is 68.8 Å². The average molecular weight is 407 g/mol. The summed E-state index contributed by atoms with van der Waals surface area (Å²) in [4.78, 5) is 12.9. The first kappa shape index (κ1) is 21.1. The fraction of sp³-hybridized carbons (Fsp3) is 0.750. The summed E-state index contributed by atoms with van der Waals surface area (Å²) in [6, 6.07) is 0.265. The molecule has 148 valence electrons. The smallest absolute Gasteiger partial charge is 0.246 e. The van der Waals surface area contributed by atoms with Gasteiger partial charge in [-0.15, -0.1) is 12.4 Å². The van der Waals surface area contributed by atoms with Gasteiger partial charge >= 0.3 is 0 Å². The lowest BCUT2D eigenvalue weighted by molar-refractivity contribution is -0.126. The third-order valence-electron chi connectivity index (χ3n) is 5.13. The minimum atomic E-state index is -3.89. The molecule has 0 bridgehead atoms. The third kappa shape index (κ3) is 4.21. The summed E-state index contributed by atoms with van der Waals surface area (Å²) >= 11 is 0. The fourth-order valence-electron chi connectivity index (χ4n) is 3.84. The molecule has 3 N–H and O–H groups in total. The lowest BCUT2D eigenvalue weighted by Gasteiger charge is -2.29. The number of aryl methyl sites for hydroxylation is 2. The molecule has 3 rings (SSSR count). The van der Waals surface area contributed by atoms with Crippen molar-refractivity contribution < 1.29 is 17.7 Å². The number of halogens is 1. The molecule has 1 saturated carbocycles. The number of nitrogens with zero attached hydrogens (tertiary/aromatic N) is 1. The van der Waals surface area contributed by atoms with Crippen LogP contribution < -0.4 is 15.4 Å². The normalized spacial score (nSPS) is 22.2. The number of aromatic nitrogens is 1. The molecule has 2 aliphatic rings. The predicted octanol–water partition coefficient (Wildman–Crippen LogP) is 1.17. The maximum absolute atomic E-state index is 12.9. The van der Waals surface area contributed by atoms with E-state index in [1.54, 1.807) is 13.8 Å². The Labute approximate surface area is 160 Å². The monoisotopic (exact) mass is 406 g/mol.